The molecule has 0 N–H and O–H groups in total. The number of morpholine rings is 1. The van der Waals surface area contributed by atoms with Gasteiger partial charge in [-0.2, -0.15) is 0 Å². The number of hydrogen-bond acceptors (Lipinski definition) is 4. The van der Waals surface area contributed by atoms with Crippen LogP contribution >= 0.6 is 15.9 Å². The van der Waals surface area contributed by atoms with Crippen LogP contribution in [-0.2, 0) is 11.3 Å². The molecule has 1 aromatic carbocycles. The lowest BCUT2D eigenvalue weighted by Crippen LogP contribution is -2.38. The third-order valence-electron chi connectivity index (χ3n) is 4.64. The molecule has 0 saturated carbocycles. The zero-order valence-electron chi connectivity index (χ0n) is 14.6. The van der Waals surface area contributed by atoms with Crippen LogP contribution in [0.5, 0.6) is 0 Å². The number of hydrogen-bond donors (Lipinski definition) is 0. The van der Waals surface area contributed by atoms with Crippen LogP contribution in [0.1, 0.15) is 22.9 Å². The summed E-state index contributed by atoms with van der Waals surface area (Å²) >= 11 is 3.47. The van der Waals surface area contributed by atoms with Gasteiger partial charge in [0.05, 0.1) is 18.4 Å². The molecule has 0 amide bonds. The minimum Gasteiger partial charge on any atom is -0.371 e. The van der Waals surface area contributed by atoms with E-state index < -0.39 is 0 Å². The van der Waals surface area contributed by atoms with Gasteiger partial charge in [0.2, 0.25) is 0 Å². The lowest BCUT2D eigenvalue weighted by atomic mass is 10.1. The maximum absolute atomic E-state index is 12.4. The number of halogens is 1. The second-order valence-corrected chi connectivity index (χ2v) is 7.58. The van der Waals surface area contributed by atoms with Crippen LogP contribution in [0.4, 0.5) is 0 Å². The summed E-state index contributed by atoms with van der Waals surface area (Å²) in [5, 5.41) is 0. The topological polar surface area (TPSA) is 46.8 Å². The molecule has 26 heavy (non-hydrogen) atoms. The van der Waals surface area contributed by atoms with Crippen molar-refractivity contribution >= 4 is 21.6 Å². The summed E-state index contributed by atoms with van der Waals surface area (Å²) in [6.45, 7) is 4.91. The van der Waals surface area contributed by atoms with Crippen molar-refractivity contribution < 1.29 is 4.74 Å². The summed E-state index contributed by atoms with van der Waals surface area (Å²) in [5.74, 6) is 0. The molecule has 1 fully saturated rings. The van der Waals surface area contributed by atoms with E-state index in [9.17, 15) is 4.79 Å². The van der Waals surface area contributed by atoms with Crippen molar-refractivity contribution in [3.63, 3.8) is 0 Å². The van der Waals surface area contributed by atoms with Gasteiger partial charge < -0.3 is 4.74 Å². The van der Waals surface area contributed by atoms with Crippen molar-refractivity contribution in [1.82, 2.24) is 14.3 Å². The molecule has 3 heterocycles. The highest BCUT2D eigenvalue weighted by atomic mass is 79.9. The fourth-order valence-electron chi connectivity index (χ4n) is 3.29. The predicted octanol–water partition coefficient (Wildman–Crippen LogP) is 3.34. The molecule has 134 valence electrons. The molecular formula is C20H20BrN3O2. The second kappa shape index (κ2) is 7.31. The minimum atomic E-state index is -0.0357. The Morgan fingerprint density at radius 1 is 1.23 bits per heavy atom. The first-order chi connectivity index (χ1) is 12.6. The normalized spacial score (nSPS) is 18.3. The van der Waals surface area contributed by atoms with E-state index in [-0.39, 0.29) is 11.7 Å². The van der Waals surface area contributed by atoms with E-state index >= 15 is 0 Å². The standard InChI is InChI=1S/C20H20BrN3O2/c1-14-2-7-19-22-17(10-20(25)24(19)11-14)12-23-8-9-26-18(13-23)15-3-5-16(21)6-4-15/h2-7,10-11,18H,8-9,12-13H2,1H3. The number of pyridine rings is 1. The van der Waals surface area contributed by atoms with Gasteiger partial charge in [0.25, 0.3) is 5.56 Å². The van der Waals surface area contributed by atoms with Gasteiger partial charge >= 0.3 is 0 Å². The summed E-state index contributed by atoms with van der Waals surface area (Å²) in [6, 6.07) is 13.7. The Hall–Kier alpha value is -2.02. The fraction of sp³-hybridized carbons (Fsp3) is 0.300. The Bertz CT molecular complexity index is 985. The maximum Gasteiger partial charge on any atom is 0.258 e. The lowest BCUT2D eigenvalue weighted by Gasteiger charge is -2.33. The maximum atomic E-state index is 12.4. The van der Waals surface area contributed by atoms with Crippen molar-refractivity contribution in [2.24, 2.45) is 0 Å². The van der Waals surface area contributed by atoms with E-state index in [4.69, 9.17) is 4.74 Å². The first-order valence-corrected chi connectivity index (χ1v) is 9.46. The van der Waals surface area contributed by atoms with Crippen LogP contribution in [0.2, 0.25) is 0 Å². The van der Waals surface area contributed by atoms with Crippen molar-refractivity contribution in [2.45, 2.75) is 19.6 Å². The van der Waals surface area contributed by atoms with Crippen LogP contribution in [0.3, 0.4) is 0 Å². The molecule has 0 aliphatic carbocycles. The van der Waals surface area contributed by atoms with Gasteiger partial charge in [-0.3, -0.25) is 14.1 Å². The van der Waals surface area contributed by atoms with E-state index in [0.717, 1.165) is 28.8 Å². The first kappa shape index (κ1) is 17.4. The van der Waals surface area contributed by atoms with Gasteiger partial charge in [-0.1, -0.05) is 34.1 Å². The SMILES string of the molecule is Cc1ccc2nc(CN3CCOC(c4ccc(Br)cc4)C3)cc(=O)n2c1. The van der Waals surface area contributed by atoms with Crippen molar-refractivity contribution in [3.8, 4) is 0 Å². The number of nitrogens with zero attached hydrogens (tertiary/aromatic N) is 3. The van der Waals surface area contributed by atoms with Gasteiger partial charge in [0.1, 0.15) is 5.65 Å². The van der Waals surface area contributed by atoms with Crippen LogP contribution in [0, 0.1) is 6.92 Å². The highest BCUT2D eigenvalue weighted by Gasteiger charge is 2.22. The van der Waals surface area contributed by atoms with Gasteiger partial charge in [0, 0.05) is 36.4 Å². The molecule has 1 aliphatic rings. The van der Waals surface area contributed by atoms with Gasteiger partial charge in [-0.15, -0.1) is 0 Å². The van der Waals surface area contributed by atoms with Crippen LogP contribution in [-0.4, -0.2) is 34.0 Å². The first-order valence-electron chi connectivity index (χ1n) is 8.67. The Labute approximate surface area is 160 Å². The smallest absolute Gasteiger partial charge is 0.258 e. The van der Waals surface area contributed by atoms with E-state index in [0.29, 0.717) is 18.8 Å². The number of aryl methyl sites for hydroxylation is 1. The summed E-state index contributed by atoms with van der Waals surface area (Å²) in [6.07, 6.45) is 1.87. The molecule has 1 aliphatic heterocycles. The predicted molar refractivity (Wildman–Crippen MR) is 104 cm³/mol. The van der Waals surface area contributed by atoms with E-state index in [1.165, 1.54) is 5.56 Å². The molecule has 3 aromatic rings. The summed E-state index contributed by atoms with van der Waals surface area (Å²) in [4.78, 5) is 19.3. The molecule has 2 aromatic heterocycles. The summed E-state index contributed by atoms with van der Waals surface area (Å²) in [7, 11) is 0. The highest BCUT2D eigenvalue weighted by Crippen LogP contribution is 2.24. The number of rotatable bonds is 3. The number of ether oxygens (including phenoxy) is 1. The summed E-state index contributed by atoms with van der Waals surface area (Å²) in [5.41, 5.74) is 3.66. The Balaban J connectivity index is 1.53. The molecule has 4 rings (SSSR count). The average Bonchev–Trinajstić information content (AvgIpc) is 2.63. The Kier molecular flexibility index (Phi) is 4.89. The third kappa shape index (κ3) is 3.72. The van der Waals surface area contributed by atoms with Gasteiger partial charge in [-0.25, -0.2) is 4.98 Å². The van der Waals surface area contributed by atoms with Crippen LogP contribution < -0.4 is 5.56 Å². The van der Waals surface area contributed by atoms with Crippen LogP contribution in [0.15, 0.2) is 57.9 Å². The van der Waals surface area contributed by atoms with E-state index in [1.807, 2.05) is 37.4 Å². The average molecular weight is 414 g/mol. The monoisotopic (exact) mass is 413 g/mol. The molecule has 0 bridgehead atoms. The van der Waals surface area contributed by atoms with Crippen molar-refractivity contribution in [1.29, 1.82) is 0 Å². The molecular weight excluding hydrogens is 394 g/mol. The number of fused-ring (bicyclic) bond motifs is 1. The number of benzene rings is 1. The summed E-state index contributed by atoms with van der Waals surface area (Å²) < 4.78 is 8.60. The molecule has 1 atom stereocenters. The third-order valence-corrected chi connectivity index (χ3v) is 5.17. The minimum absolute atomic E-state index is 0.0357. The number of aromatic nitrogens is 2. The largest absolute Gasteiger partial charge is 0.371 e. The molecule has 0 spiro atoms. The fourth-order valence-corrected chi connectivity index (χ4v) is 3.56. The van der Waals surface area contributed by atoms with Crippen molar-refractivity contribution in [2.75, 3.05) is 19.7 Å². The Morgan fingerprint density at radius 3 is 2.85 bits per heavy atom. The lowest BCUT2D eigenvalue weighted by molar-refractivity contribution is -0.0332. The zero-order chi connectivity index (χ0) is 18.1. The molecule has 1 saturated heterocycles. The van der Waals surface area contributed by atoms with Crippen LogP contribution in [0.25, 0.3) is 5.65 Å². The molecule has 0 radical (unpaired) electrons. The zero-order valence-corrected chi connectivity index (χ0v) is 16.1. The molecule has 6 heteroatoms. The Morgan fingerprint density at radius 2 is 2.04 bits per heavy atom. The van der Waals surface area contributed by atoms with E-state index in [1.54, 1.807) is 10.5 Å². The van der Waals surface area contributed by atoms with Gasteiger partial charge in [-0.05, 0) is 36.2 Å². The van der Waals surface area contributed by atoms with Gasteiger partial charge in [0.15, 0.2) is 0 Å². The molecule has 5 nitrogen and oxygen atoms in total. The van der Waals surface area contributed by atoms with Crippen molar-refractivity contribution in [3.05, 3.63) is 80.3 Å². The quantitative estimate of drug-likeness (QED) is 0.660. The molecule has 1 unspecified atom stereocenters. The highest BCUT2D eigenvalue weighted by molar-refractivity contribution is 9.10. The van der Waals surface area contributed by atoms with E-state index in [2.05, 4.69) is 37.9 Å². The second-order valence-electron chi connectivity index (χ2n) is 6.67.